The van der Waals surface area contributed by atoms with Gasteiger partial charge < -0.3 is 53.6 Å². The van der Waals surface area contributed by atoms with E-state index in [-0.39, 0.29) is 0 Å². The summed E-state index contributed by atoms with van der Waals surface area (Å²) in [5.41, 5.74) is 0. The van der Waals surface area contributed by atoms with Crippen LogP contribution in [0.1, 0.15) is 27.7 Å². The fourth-order valence-corrected chi connectivity index (χ4v) is 3.75. The molecule has 200 valence electrons. The van der Waals surface area contributed by atoms with Crippen LogP contribution >= 0.6 is 0 Å². The first-order valence-electron chi connectivity index (χ1n) is 10.6. The molecule has 0 amide bonds. The second-order valence-electron chi connectivity index (χ2n) is 7.86. The van der Waals surface area contributed by atoms with E-state index in [9.17, 15) is 39.6 Å². The summed E-state index contributed by atoms with van der Waals surface area (Å²) in [4.78, 5) is 46.1. The number of hydrogen-bond donors (Lipinski definition) is 4. The molecule has 2 rings (SSSR count). The van der Waals surface area contributed by atoms with Gasteiger partial charge in [0.25, 0.3) is 0 Å². The van der Waals surface area contributed by atoms with E-state index in [1.165, 1.54) is 0 Å². The molecule has 0 aliphatic carbocycles. The second kappa shape index (κ2) is 12.5. The Morgan fingerprint density at radius 3 is 1.51 bits per heavy atom. The van der Waals surface area contributed by atoms with Crippen LogP contribution in [0.3, 0.4) is 0 Å². The number of esters is 4. The number of aliphatic hydroxyl groups is 4. The maximum Gasteiger partial charge on any atom is 0.305 e. The molecular formula is C20H30O15. The quantitative estimate of drug-likeness (QED) is 0.188. The van der Waals surface area contributed by atoms with Gasteiger partial charge in [-0.2, -0.15) is 0 Å². The van der Waals surface area contributed by atoms with Crippen LogP contribution in [0.4, 0.5) is 0 Å². The molecule has 0 bridgehead atoms. The minimum atomic E-state index is -1.81. The zero-order chi connectivity index (χ0) is 26.4. The lowest BCUT2D eigenvalue weighted by Gasteiger charge is -2.47. The Balaban J connectivity index is 2.33. The van der Waals surface area contributed by atoms with Crippen LogP contribution < -0.4 is 0 Å². The summed E-state index contributed by atoms with van der Waals surface area (Å²) >= 11 is 0. The molecule has 0 saturated carbocycles. The van der Waals surface area contributed by atoms with E-state index in [0.717, 1.165) is 27.7 Å². The Bertz CT molecular complexity index is 772. The van der Waals surface area contributed by atoms with Crippen molar-refractivity contribution in [2.75, 3.05) is 13.2 Å². The summed E-state index contributed by atoms with van der Waals surface area (Å²) in [6.07, 6.45) is -15.7. The molecule has 0 radical (unpaired) electrons. The largest absolute Gasteiger partial charge is 0.456 e. The molecule has 15 nitrogen and oxygen atoms in total. The average Bonchev–Trinajstić information content (AvgIpc) is 2.75. The van der Waals surface area contributed by atoms with Gasteiger partial charge in [0.1, 0.15) is 30.5 Å². The Labute approximate surface area is 199 Å². The number of rotatable bonds is 8. The summed E-state index contributed by atoms with van der Waals surface area (Å²) in [6.45, 7) is 2.65. The molecule has 0 spiro atoms. The predicted octanol–water partition coefficient (Wildman–Crippen LogP) is -3.11. The van der Waals surface area contributed by atoms with Crippen molar-refractivity contribution in [1.29, 1.82) is 0 Å². The summed E-state index contributed by atoms with van der Waals surface area (Å²) in [5.74, 6) is -3.34. The summed E-state index contributed by atoms with van der Waals surface area (Å²) in [7, 11) is 0. The fourth-order valence-electron chi connectivity index (χ4n) is 3.75. The molecule has 0 unspecified atom stereocenters. The lowest BCUT2D eigenvalue weighted by Crippen LogP contribution is -2.66. The van der Waals surface area contributed by atoms with Gasteiger partial charge in [-0.05, 0) is 0 Å². The first kappa shape index (κ1) is 28.8. The Kier molecular flexibility index (Phi) is 10.3. The van der Waals surface area contributed by atoms with Gasteiger partial charge in [-0.15, -0.1) is 0 Å². The van der Waals surface area contributed by atoms with Gasteiger partial charge in [0, 0.05) is 27.7 Å². The van der Waals surface area contributed by atoms with E-state index in [1.807, 2.05) is 0 Å². The lowest BCUT2D eigenvalue weighted by molar-refractivity contribution is -0.356. The number of carbonyl (C=O) groups is 4. The standard InChI is InChI=1S/C20H30O15/c1-7(23)29-16-12(6-22)33-19(14(28)17(16)30-8(2)24)35-15-11(5-21)34-20(32-10(4)26)18(13(15)27)31-9(3)25/h11-22,27-28H,5-6H2,1-4H3/t11-,12-,13+,14-,15-,16-,17-,18-,19+,20-/m1/s1. The van der Waals surface area contributed by atoms with Crippen LogP contribution in [0, 0.1) is 0 Å². The topological polar surface area (TPSA) is 214 Å². The number of hydrogen-bond acceptors (Lipinski definition) is 15. The highest BCUT2D eigenvalue weighted by Gasteiger charge is 2.54. The van der Waals surface area contributed by atoms with Crippen LogP contribution in [0.25, 0.3) is 0 Å². The minimum Gasteiger partial charge on any atom is -0.456 e. The molecule has 0 aromatic rings. The van der Waals surface area contributed by atoms with E-state index in [1.54, 1.807) is 0 Å². The van der Waals surface area contributed by atoms with Crippen LogP contribution in [-0.2, 0) is 52.3 Å². The van der Waals surface area contributed by atoms with Crippen molar-refractivity contribution in [3.8, 4) is 0 Å². The summed E-state index contributed by atoms with van der Waals surface area (Å²) < 4.78 is 36.6. The average molecular weight is 510 g/mol. The van der Waals surface area contributed by atoms with Gasteiger partial charge in [-0.3, -0.25) is 19.2 Å². The first-order valence-corrected chi connectivity index (χ1v) is 10.6. The molecule has 2 heterocycles. The SMILES string of the molecule is CC(=O)O[C@@H]1O[C@H](CO)[C@@H](O[C@@H]2O[C@H](CO)[C@@H](OC(C)=O)[C@H](OC(C)=O)[C@H]2O)[C@H](O)[C@H]1OC(C)=O. The third-order valence-corrected chi connectivity index (χ3v) is 5.07. The molecule has 4 N–H and O–H groups in total. The first-order chi connectivity index (χ1) is 16.4. The zero-order valence-corrected chi connectivity index (χ0v) is 19.5. The smallest absolute Gasteiger partial charge is 0.305 e. The molecule has 2 saturated heterocycles. The van der Waals surface area contributed by atoms with E-state index in [2.05, 4.69) is 0 Å². The van der Waals surface area contributed by atoms with Gasteiger partial charge in [-0.25, -0.2) is 0 Å². The number of aliphatic hydroxyl groups excluding tert-OH is 4. The Morgan fingerprint density at radius 1 is 0.600 bits per heavy atom. The van der Waals surface area contributed by atoms with Crippen LogP contribution in [0.15, 0.2) is 0 Å². The Hall–Kier alpha value is -2.40. The third-order valence-electron chi connectivity index (χ3n) is 5.07. The van der Waals surface area contributed by atoms with Crippen molar-refractivity contribution < 1.29 is 72.8 Å². The normalized spacial score (nSPS) is 37.1. The van der Waals surface area contributed by atoms with E-state index in [0.29, 0.717) is 0 Å². The van der Waals surface area contributed by atoms with E-state index >= 15 is 0 Å². The maximum absolute atomic E-state index is 11.6. The predicted molar refractivity (Wildman–Crippen MR) is 107 cm³/mol. The van der Waals surface area contributed by atoms with Crippen molar-refractivity contribution >= 4 is 23.9 Å². The molecule has 15 heteroatoms. The zero-order valence-electron chi connectivity index (χ0n) is 19.5. The molecule has 10 atom stereocenters. The van der Waals surface area contributed by atoms with Gasteiger partial charge in [0.2, 0.25) is 6.29 Å². The number of ether oxygens (including phenoxy) is 7. The highest BCUT2D eigenvalue weighted by Crippen LogP contribution is 2.32. The van der Waals surface area contributed by atoms with Crippen molar-refractivity contribution in [3.63, 3.8) is 0 Å². The summed E-state index contributed by atoms with van der Waals surface area (Å²) in [5, 5.41) is 41.2. The van der Waals surface area contributed by atoms with Crippen molar-refractivity contribution in [3.05, 3.63) is 0 Å². The molecule has 35 heavy (non-hydrogen) atoms. The van der Waals surface area contributed by atoms with Crippen LogP contribution in [0.5, 0.6) is 0 Å². The third kappa shape index (κ3) is 7.30. The van der Waals surface area contributed by atoms with Crippen LogP contribution in [0.2, 0.25) is 0 Å². The maximum atomic E-state index is 11.6. The fraction of sp³-hybridized carbons (Fsp3) is 0.800. The van der Waals surface area contributed by atoms with Gasteiger partial charge in [-0.1, -0.05) is 0 Å². The van der Waals surface area contributed by atoms with E-state index in [4.69, 9.17) is 33.2 Å². The van der Waals surface area contributed by atoms with Crippen LogP contribution in [-0.4, -0.2) is 119 Å². The highest BCUT2D eigenvalue weighted by atomic mass is 16.8. The van der Waals surface area contributed by atoms with Gasteiger partial charge >= 0.3 is 23.9 Å². The second-order valence-corrected chi connectivity index (χ2v) is 7.86. The monoisotopic (exact) mass is 510 g/mol. The molecular weight excluding hydrogens is 480 g/mol. The van der Waals surface area contributed by atoms with Crippen molar-refractivity contribution in [2.24, 2.45) is 0 Å². The Morgan fingerprint density at radius 2 is 1.03 bits per heavy atom. The van der Waals surface area contributed by atoms with Gasteiger partial charge in [0.15, 0.2) is 24.6 Å². The lowest BCUT2D eigenvalue weighted by atomic mass is 9.96. The van der Waals surface area contributed by atoms with Crippen molar-refractivity contribution in [2.45, 2.75) is 89.1 Å². The highest BCUT2D eigenvalue weighted by molar-refractivity contribution is 5.68. The minimum absolute atomic E-state index is 0.750. The summed E-state index contributed by atoms with van der Waals surface area (Å²) in [6, 6.07) is 0. The molecule has 2 aliphatic rings. The molecule has 2 fully saturated rings. The van der Waals surface area contributed by atoms with Gasteiger partial charge in [0.05, 0.1) is 13.2 Å². The molecule has 0 aromatic heterocycles. The molecule has 0 aromatic carbocycles. The van der Waals surface area contributed by atoms with Crippen molar-refractivity contribution in [1.82, 2.24) is 0 Å². The molecule has 2 aliphatic heterocycles. The number of carbonyl (C=O) groups excluding carboxylic acids is 4. The van der Waals surface area contributed by atoms with E-state index < -0.39 is 98.5 Å².